The zero-order valence-corrected chi connectivity index (χ0v) is 10.4. The second-order valence-electron chi connectivity index (χ2n) is 3.75. The molecule has 7 nitrogen and oxygen atoms in total. The fraction of sp³-hybridized carbons (Fsp3) is 0.333. The monoisotopic (exact) mass is 263 g/mol. The van der Waals surface area contributed by atoms with E-state index < -0.39 is 10.9 Å². The van der Waals surface area contributed by atoms with Crippen molar-refractivity contribution in [3.05, 3.63) is 33.9 Å². The number of rotatable bonds is 6. The second-order valence-corrected chi connectivity index (χ2v) is 3.75. The molecule has 0 saturated heterocycles. The molecular weight excluding hydrogens is 250 g/mol. The van der Waals surface area contributed by atoms with Crippen molar-refractivity contribution < 1.29 is 14.8 Å². The summed E-state index contributed by atoms with van der Waals surface area (Å²) in [5, 5.41) is 28.4. The highest BCUT2D eigenvalue weighted by Gasteiger charge is 2.19. The van der Waals surface area contributed by atoms with Crippen molar-refractivity contribution in [3.8, 4) is 6.07 Å². The number of nitro benzene ring substituents is 1. The molecule has 0 atom stereocenters. The van der Waals surface area contributed by atoms with Gasteiger partial charge in [-0.15, -0.1) is 0 Å². The summed E-state index contributed by atoms with van der Waals surface area (Å²) in [6.07, 6.45) is 0.254. The van der Waals surface area contributed by atoms with Gasteiger partial charge in [-0.05, 0) is 13.0 Å². The van der Waals surface area contributed by atoms with Crippen molar-refractivity contribution in [2.75, 3.05) is 18.0 Å². The van der Waals surface area contributed by atoms with Crippen LogP contribution in [0.25, 0.3) is 0 Å². The standard InChI is InChI=1S/C12H13N3O4/c1-2-14(7-3-6-13)11-5-4-9(15(18)19)8-10(11)12(16)17/h4-5,8H,2-3,7H2,1H3,(H,16,17). The third-order valence-corrected chi connectivity index (χ3v) is 2.64. The van der Waals surface area contributed by atoms with Crippen LogP contribution in [-0.2, 0) is 0 Å². The molecule has 0 heterocycles. The lowest BCUT2D eigenvalue weighted by atomic mass is 10.1. The van der Waals surface area contributed by atoms with Gasteiger partial charge in [0.2, 0.25) is 0 Å². The highest BCUT2D eigenvalue weighted by Crippen LogP contribution is 2.25. The van der Waals surface area contributed by atoms with Gasteiger partial charge in [0.15, 0.2) is 0 Å². The first-order chi connectivity index (χ1) is 9.01. The first kappa shape index (κ1) is 14.4. The van der Waals surface area contributed by atoms with Crippen LogP contribution in [-0.4, -0.2) is 29.1 Å². The topological polar surface area (TPSA) is 107 Å². The molecule has 1 rings (SSSR count). The minimum Gasteiger partial charge on any atom is -0.478 e. The highest BCUT2D eigenvalue weighted by atomic mass is 16.6. The second kappa shape index (κ2) is 6.35. The predicted octanol–water partition coefficient (Wildman–Crippen LogP) is 2.03. The fourth-order valence-electron chi connectivity index (χ4n) is 1.72. The smallest absolute Gasteiger partial charge is 0.338 e. The maximum absolute atomic E-state index is 11.2. The van der Waals surface area contributed by atoms with Crippen LogP contribution >= 0.6 is 0 Å². The van der Waals surface area contributed by atoms with Crippen LogP contribution in [0, 0.1) is 21.4 Å². The lowest BCUT2D eigenvalue weighted by Crippen LogP contribution is -2.25. The number of benzene rings is 1. The quantitative estimate of drug-likeness (QED) is 0.621. The van der Waals surface area contributed by atoms with Gasteiger partial charge in [-0.3, -0.25) is 10.1 Å². The van der Waals surface area contributed by atoms with Gasteiger partial charge in [-0.2, -0.15) is 5.26 Å². The molecule has 0 aromatic heterocycles. The van der Waals surface area contributed by atoms with E-state index >= 15 is 0 Å². The molecule has 1 aromatic carbocycles. The molecule has 19 heavy (non-hydrogen) atoms. The molecule has 1 N–H and O–H groups in total. The van der Waals surface area contributed by atoms with E-state index in [0.29, 0.717) is 18.8 Å². The van der Waals surface area contributed by atoms with Crippen LogP contribution in [0.1, 0.15) is 23.7 Å². The van der Waals surface area contributed by atoms with Crippen LogP contribution in [0.15, 0.2) is 18.2 Å². The number of non-ortho nitro benzene ring substituents is 1. The lowest BCUT2D eigenvalue weighted by Gasteiger charge is -2.23. The Balaban J connectivity index is 3.22. The zero-order valence-electron chi connectivity index (χ0n) is 10.4. The summed E-state index contributed by atoms with van der Waals surface area (Å²) < 4.78 is 0. The third kappa shape index (κ3) is 3.42. The van der Waals surface area contributed by atoms with Gasteiger partial charge >= 0.3 is 5.97 Å². The Hall–Kier alpha value is -2.62. The molecule has 0 saturated carbocycles. The zero-order chi connectivity index (χ0) is 14.4. The molecule has 0 bridgehead atoms. The lowest BCUT2D eigenvalue weighted by molar-refractivity contribution is -0.384. The van der Waals surface area contributed by atoms with Gasteiger partial charge in [0, 0.05) is 25.2 Å². The number of aromatic carboxylic acids is 1. The van der Waals surface area contributed by atoms with Crippen molar-refractivity contribution >= 4 is 17.3 Å². The number of hydrogen-bond donors (Lipinski definition) is 1. The van der Waals surface area contributed by atoms with Crippen LogP contribution in [0.5, 0.6) is 0 Å². The number of carboxylic acids is 1. The molecule has 1 aromatic rings. The van der Waals surface area contributed by atoms with E-state index in [1.54, 1.807) is 4.90 Å². The number of nitriles is 1. The van der Waals surface area contributed by atoms with Crippen molar-refractivity contribution in [3.63, 3.8) is 0 Å². The number of nitro groups is 1. The Morgan fingerprint density at radius 3 is 2.74 bits per heavy atom. The first-order valence-corrected chi connectivity index (χ1v) is 5.64. The van der Waals surface area contributed by atoms with E-state index in [9.17, 15) is 14.9 Å². The van der Waals surface area contributed by atoms with Gasteiger partial charge in [-0.1, -0.05) is 0 Å². The summed E-state index contributed by atoms with van der Waals surface area (Å²) >= 11 is 0. The molecular formula is C12H13N3O4. The fourth-order valence-corrected chi connectivity index (χ4v) is 1.72. The third-order valence-electron chi connectivity index (χ3n) is 2.64. The molecule has 0 amide bonds. The Morgan fingerprint density at radius 2 is 2.26 bits per heavy atom. The van der Waals surface area contributed by atoms with Crippen molar-refractivity contribution in [2.24, 2.45) is 0 Å². The summed E-state index contributed by atoms with van der Waals surface area (Å²) in [5.74, 6) is -1.23. The van der Waals surface area contributed by atoms with E-state index in [1.165, 1.54) is 12.1 Å². The van der Waals surface area contributed by atoms with Gasteiger partial charge in [-0.25, -0.2) is 4.79 Å². The number of anilines is 1. The van der Waals surface area contributed by atoms with E-state index in [4.69, 9.17) is 10.4 Å². The number of carbonyl (C=O) groups is 1. The molecule has 0 aliphatic heterocycles. The van der Waals surface area contributed by atoms with Gasteiger partial charge in [0.1, 0.15) is 0 Å². The molecule has 0 aliphatic rings. The van der Waals surface area contributed by atoms with Crippen molar-refractivity contribution in [2.45, 2.75) is 13.3 Å². The predicted molar refractivity (Wildman–Crippen MR) is 68.2 cm³/mol. The Bertz CT molecular complexity index is 536. The number of hydrogen-bond acceptors (Lipinski definition) is 5. The highest BCUT2D eigenvalue weighted by molar-refractivity contribution is 5.95. The van der Waals surface area contributed by atoms with E-state index in [1.807, 2.05) is 13.0 Å². The molecule has 7 heteroatoms. The van der Waals surface area contributed by atoms with Crippen molar-refractivity contribution in [1.82, 2.24) is 0 Å². The molecule has 0 radical (unpaired) electrons. The molecule has 0 unspecified atom stereocenters. The maximum Gasteiger partial charge on any atom is 0.338 e. The Morgan fingerprint density at radius 1 is 1.58 bits per heavy atom. The molecule has 0 aliphatic carbocycles. The van der Waals surface area contributed by atoms with Gasteiger partial charge < -0.3 is 10.0 Å². The van der Waals surface area contributed by atoms with E-state index in [0.717, 1.165) is 6.07 Å². The average Bonchev–Trinajstić information content (AvgIpc) is 2.39. The maximum atomic E-state index is 11.2. The Labute approximate surface area is 109 Å². The largest absolute Gasteiger partial charge is 0.478 e. The number of carboxylic acid groups (broad SMARTS) is 1. The summed E-state index contributed by atoms with van der Waals surface area (Å²) in [5.41, 5.74) is -0.0117. The van der Waals surface area contributed by atoms with Crippen LogP contribution in [0.2, 0.25) is 0 Å². The summed E-state index contributed by atoms with van der Waals surface area (Å²) in [6, 6.07) is 5.68. The normalized spacial score (nSPS) is 9.68. The van der Waals surface area contributed by atoms with E-state index in [2.05, 4.69) is 0 Å². The summed E-state index contributed by atoms with van der Waals surface area (Å²) in [4.78, 5) is 22.9. The molecule has 100 valence electrons. The Kier molecular flexibility index (Phi) is 4.83. The van der Waals surface area contributed by atoms with Crippen LogP contribution in [0.3, 0.4) is 0 Å². The first-order valence-electron chi connectivity index (χ1n) is 5.64. The van der Waals surface area contributed by atoms with E-state index in [-0.39, 0.29) is 17.7 Å². The van der Waals surface area contributed by atoms with Crippen LogP contribution in [0.4, 0.5) is 11.4 Å². The molecule has 0 fully saturated rings. The number of nitrogens with zero attached hydrogens (tertiary/aromatic N) is 3. The minimum atomic E-state index is -1.23. The van der Waals surface area contributed by atoms with Crippen molar-refractivity contribution in [1.29, 1.82) is 5.26 Å². The minimum absolute atomic E-state index is 0.131. The van der Waals surface area contributed by atoms with Gasteiger partial charge in [0.05, 0.1) is 28.7 Å². The summed E-state index contributed by atoms with van der Waals surface area (Å²) in [6.45, 7) is 2.72. The van der Waals surface area contributed by atoms with Gasteiger partial charge in [0.25, 0.3) is 5.69 Å². The van der Waals surface area contributed by atoms with Crippen LogP contribution < -0.4 is 4.90 Å². The summed E-state index contributed by atoms with van der Waals surface area (Å²) in [7, 11) is 0. The molecule has 0 spiro atoms. The average molecular weight is 263 g/mol. The SMILES string of the molecule is CCN(CCC#N)c1ccc([N+](=O)[O-])cc1C(=O)O.